The van der Waals surface area contributed by atoms with Crippen molar-refractivity contribution in [1.29, 1.82) is 0 Å². The minimum Gasteiger partial charge on any atom is -0.496 e. The SMILES string of the molecule is COc1ccccc1CNC(=O)CCCNS(=O)(=O)c1ccc(F)cc1F. The number of hydrogen-bond acceptors (Lipinski definition) is 4. The van der Waals surface area contributed by atoms with Crippen LogP contribution in [0.25, 0.3) is 0 Å². The minimum atomic E-state index is -4.11. The summed E-state index contributed by atoms with van der Waals surface area (Å²) in [6.07, 6.45) is 0.309. The monoisotopic (exact) mass is 398 g/mol. The van der Waals surface area contributed by atoms with Gasteiger partial charge in [-0.25, -0.2) is 21.9 Å². The Morgan fingerprint density at radius 3 is 2.59 bits per heavy atom. The van der Waals surface area contributed by atoms with Gasteiger partial charge in [0.2, 0.25) is 15.9 Å². The third kappa shape index (κ3) is 6.00. The fourth-order valence-corrected chi connectivity index (χ4v) is 3.49. The number of methoxy groups -OCH3 is 1. The predicted molar refractivity (Wildman–Crippen MR) is 95.6 cm³/mol. The van der Waals surface area contributed by atoms with Gasteiger partial charge in [-0.3, -0.25) is 4.79 Å². The highest BCUT2D eigenvalue weighted by Gasteiger charge is 2.19. The maximum atomic E-state index is 13.6. The van der Waals surface area contributed by atoms with Crippen LogP contribution in [0.3, 0.4) is 0 Å². The molecular formula is C18H20F2N2O4S. The van der Waals surface area contributed by atoms with Crippen LogP contribution in [-0.2, 0) is 21.4 Å². The Bertz CT molecular complexity index is 904. The van der Waals surface area contributed by atoms with E-state index in [0.29, 0.717) is 11.8 Å². The van der Waals surface area contributed by atoms with E-state index in [-0.39, 0.29) is 31.8 Å². The highest BCUT2D eigenvalue weighted by Crippen LogP contribution is 2.17. The molecular weight excluding hydrogens is 378 g/mol. The fourth-order valence-electron chi connectivity index (χ4n) is 2.36. The van der Waals surface area contributed by atoms with Gasteiger partial charge in [0, 0.05) is 31.1 Å². The van der Waals surface area contributed by atoms with E-state index in [1.165, 1.54) is 7.11 Å². The summed E-state index contributed by atoms with van der Waals surface area (Å²) < 4.78 is 57.8. The highest BCUT2D eigenvalue weighted by molar-refractivity contribution is 7.89. The Hall–Kier alpha value is -2.52. The van der Waals surface area contributed by atoms with Gasteiger partial charge in [0.1, 0.15) is 22.3 Å². The fraction of sp³-hybridized carbons (Fsp3) is 0.278. The average Bonchev–Trinajstić information content (AvgIpc) is 2.63. The molecule has 6 nitrogen and oxygen atoms in total. The van der Waals surface area contributed by atoms with Gasteiger partial charge in [0.15, 0.2) is 0 Å². The molecule has 0 atom stereocenters. The minimum absolute atomic E-state index is 0.0543. The molecule has 0 heterocycles. The lowest BCUT2D eigenvalue weighted by molar-refractivity contribution is -0.121. The molecule has 0 spiro atoms. The second kappa shape index (κ2) is 9.43. The second-order valence-corrected chi connectivity index (χ2v) is 7.40. The lowest BCUT2D eigenvalue weighted by Gasteiger charge is -2.10. The number of hydrogen-bond donors (Lipinski definition) is 2. The number of halogens is 2. The average molecular weight is 398 g/mol. The van der Waals surface area contributed by atoms with E-state index in [0.717, 1.165) is 17.7 Å². The Balaban J connectivity index is 1.78. The van der Waals surface area contributed by atoms with E-state index >= 15 is 0 Å². The molecule has 1 amide bonds. The van der Waals surface area contributed by atoms with Crippen molar-refractivity contribution in [3.8, 4) is 5.75 Å². The van der Waals surface area contributed by atoms with Gasteiger partial charge in [0.25, 0.3) is 0 Å². The number of amides is 1. The number of para-hydroxylation sites is 1. The topological polar surface area (TPSA) is 84.5 Å². The highest BCUT2D eigenvalue weighted by atomic mass is 32.2. The van der Waals surface area contributed by atoms with Gasteiger partial charge in [-0.05, 0) is 24.6 Å². The summed E-state index contributed by atoms with van der Waals surface area (Å²) in [5.74, 6) is -1.63. The molecule has 0 unspecified atom stereocenters. The smallest absolute Gasteiger partial charge is 0.243 e. The molecule has 0 aliphatic carbocycles. The Kier molecular flexibility index (Phi) is 7.26. The van der Waals surface area contributed by atoms with E-state index in [4.69, 9.17) is 4.74 Å². The van der Waals surface area contributed by atoms with Crippen molar-refractivity contribution in [1.82, 2.24) is 10.0 Å². The van der Waals surface area contributed by atoms with Crippen molar-refractivity contribution in [2.75, 3.05) is 13.7 Å². The van der Waals surface area contributed by atoms with Crippen LogP contribution in [0.15, 0.2) is 47.4 Å². The molecule has 0 bridgehead atoms. The van der Waals surface area contributed by atoms with Crippen LogP contribution in [0.4, 0.5) is 8.78 Å². The molecule has 27 heavy (non-hydrogen) atoms. The molecule has 0 aliphatic rings. The van der Waals surface area contributed by atoms with E-state index in [9.17, 15) is 22.0 Å². The van der Waals surface area contributed by atoms with Gasteiger partial charge in [-0.1, -0.05) is 18.2 Å². The zero-order chi connectivity index (χ0) is 19.9. The van der Waals surface area contributed by atoms with Crippen LogP contribution in [0, 0.1) is 11.6 Å². The summed E-state index contributed by atoms with van der Waals surface area (Å²) in [5.41, 5.74) is 0.820. The number of benzene rings is 2. The molecule has 0 fully saturated rings. The van der Waals surface area contributed by atoms with E-state index in [1.54, 1.807) is 6.07 Å². The van der Waals surface area contributed by atoms with Crippen molar-refractivity contribution in [3.05, 3.63) is 59.7 Å². The van der Waals surface area contributed by atoms with Crippen LogP contribution in [0.1, 0.15) is 18.4 Å². The molecule has 0 radical (unpaired) electrons. The predicted octanol–water partition coefficient (Wildman–Crippen LogP) is 2.35. The van der Waals surface area contributed by atoms with Gasteiger partial charge >= 0.3 is 0 Å². The van der Waals surface area contributed by atoms with E-state index < -0.39 is 26.6 Å². The standard InChI is InChI=1S/C18H20F2N2O4S/c1-26-16-6-3-2-5-13(16)12-21-18(23)7-4-10-22-27(24,25)17-9-8-14(19)11-15(17)20/h2-3,5-6,8-9,11,22H,4,7,10,12H2,1H3,(H,21,23). The first-order valence-corrected chi connectivity index (χ1v) is 9.65. The summed E-state index contributed by atoms with van der Waals surface area (Å²) in [5, 5.41) is 2.72. The van der Waals surface area contributed by atoms with Crippen LogP contribution in [-0.4, -0.2) is 28.0 Å². The van der Waals surface area contributed by atoms with Crippen LogP contribution in [0.5, 0.6) is 5.75 Å². The number of carbonyl (C=O) groups is 1. The first-order chi connectivity index (χ1) is 12.8. The van der Waals surface area contributed by atoms with Crippen molar-refractivity contribution in [2.24, 2.45) is 0 Å². The molecule has 2 aromatic carbocycles. The largest absolute Gasteiger partial charge is 0.496 e. The second-order valence-electron chi connectivity index (χ2n) is 5.66. The molecule has 2 aromatic rings. The molecule has 2 rings (SSSR count). The zero-order valence-electron chi connectivity index (χ0n) is 14.7. The molecule has 0 aromatic heterocycles. The van der Waals surface area contributed by atoms with Crippen molar-refractivity contribution >= 4 is 15.9 Å². The lowest BCUT2D eigenvalue weighted by atomic mass is 10.2. The number of nitrogens with one attached hydrogen (secondary N) is 2. The number of carbonyl (C=O) groups excluding carboxylic acids is 1. The van der Waals surface area contributed by atoms with Crippen LogP contribution < -0.4 is 14.8 Å². The Labute approximate surface area is 156 Å². The van der Waals surface area contributed by atoms with Gasteiger partial charge in [0.05, 0.1) is 7.11 Å². The van der Waals surface area contributed by atoms with Crippen LogP contribution in [0.2, 0.25) is 0 Å². The maximum absolute atomic E-state index is 13.6. The molecule has 0 aliphatic heterocycles. The van der Waals surface area contributed by atoms with Crippen molar-refractivity contribution < 1.29 is 26.7 Å². The molecule has 9 heteroatoms. The van der Waals surface area contributed by atoms with Gasteiger partial charge in [-0.15, -0.1) is 0 Å². The lowest BCUT2D eigenvalue weighted by Crippen LogP contribution is -2.28. The van der Waals surface area contributed by atoms with Gasteiger partial charge in [-0.2, -0.15) is 0 Å². The number of rotatable bonds is 9. The van der Waals surface area contributed by atoms with Crippen molar-refractivity contribution in [2.45, 2.75) is 24.3 Å². The molecule has 0 saturated heterocycles. The van der Waals surface area contributed by atoms with E-state index in [2.05, 4.69) is 10.0 Å². The Morgan fingerprint density at radius 2 is 1.89 bits per heavy atom. The summed E-state index contributed by atoms with van der Waals surface area (Å²) in [6, 6.07) is 9.47. The summed E-state index contributed by atoms with van der Waals surface area (Å²) in [6.45, 7) is 0.233. The molecule has 2 N–H and O–H groups in total. The number of sulfonamides is 1. The normalized spacial score (nSPS) is 11.2. The Morgan fingerprint density at radius 1 is 1.15 bits per heavy atom. The zero-order valence-corrected chi connectivity index (χ0v) is 15.5. The number of ether oxygens (including phenoxy) is 1. The summed E-state index contributed by atoms with van der Waals surface area (Å²) in [7, 11) is -2.57. The third-order valence-corrected chi connectivity index (χ3v) is 5.22. The third-order valence-electron chi connectivity index (χ3n) is 3.72. The van der Waals surface area contributed by atoms with E-state index in [1.807, 2.05) is 18.2 Å². The first-order valence-electron chi connectivity index (χ1n) is 8.17. The van der Waals surface area contributed by atoms with Crippen LogP contribution >= 0.6 is 0 Å². The summed E-state index contributed by atoms with van der Waals surface area (Å²) >= 11 is 0. The first kappa shape index (κ1) is 20.8. The quantitative estimate of drug-likeness (QED) is 0.635. The van der Waals surface area contributed by atoms with Gasteiger partial charge < -0.3 is 10.1 Å². The molecule has 0 saturated carbocycles. The summed E-state index contributed by atoms with van der Waals surface area (Å²) in [4.78, 5) is 11.2. The van der Waals surface area contributed by atoms with Crippen molar-refractivity contribution in [3.63, 3.8) is 0 Å². The maximum Gasteiger partial charge on any atom is 0.243 e. The molecule has 146 valence electrons.